The summed E-state index contributed by atoms with van der Waals surface area (Å²) < 4.78 is 6.91. The molecule has 4 heteroatoms. The Morgan fingerprint density at radius 1 is 1.50 bits per heavy atom. The summed E-state index contributed by atoms with van der Waals surface area (Å²) >= 11 is 0. The van der Waals surface area contributed by atoms with Gasteiger partial charge < -0.3 is 4.74 Å². The zero-order valence-corrected chi connectivity index (χ0v) is 6.98. The highest BCUT2D eigenvalue weighted by molar-refractivity contribution is 5.71. The molecule has 12 heavy (non-hydrogen) atoms. The van der Waals surface area contributed by atoms with Gasteiger partial charge in [0.1, 0.15) is 0 Å². The number of ether oxygens (including phenoxy) is 1. The average Bonchev–Trinajstić information content (AvgIpc) is 2.44. The Balaban J connectivity index is 2.78. The molecule has 0 aliphatic carbocycles. The SMILES string of the molecule is COc1nc2ncccc2n1C. The fourth-order valence-corrected chi connectivity index (χ4v) is 1.19. The molecule has 2 heterocycles. The van der Waals surface area contributed by atoms with Crippen molar-refractivity contribution in [1.29, 1.82) is 0 Å². The predicted octanol–water partition coefficient (Wildman–Crippen LogP) is 0.977. The minimum atomic E-state index is 0.587. The summed E-state index contributed by atoms with van der Waals surface area (Å²) in [4.78, 5) is 8.26. The Bertz CT molecular complexity index is 408. The molecule has 62 valence electrons. The number of methoxy groups -OCH3 is 1. The third-order valence-corrected chi connectivity index (χ3v) is 1.80. The van der Waals surface area contributed by atoms with Crippen LogP contribution in [0.1, 0.15) is 0 Å². The van der Waals surface area contributed by atoms with Crippen LogP contribution in [-0.2, 0) is 7.05 Å². The zero-order chi connectivity index (χ0) is 8.55. The van der Waals surface area contributed by atoms with Gasteiger partial charge in [-0.25, -0.2) is 4.98 Å². The van der Waals surface area contributed by atoms with E-state index in [4.69, 9.17) is 4.74 Å². The lowest BCUT2D eigenvalue weighted by molar-refractivity contribution is 0.368. The number of imidazole rings is 1. The normalized spacial score (nSPS) is 10.5. The Morgan fingerprint density at radius 2 is 2.33 bits per heavy atom. The standard InChI is InChI=1S/C8H9N3O/c1-11-6-4-3-5-9-7(6)10-8(11)12-2/h3-5H,1-2H3. The molecule has 0 fully saturated rings. The highest BCUT2D eigenvalue weighted by atomic mass is 16.5. The molecule has 0 N–H and O–H groups in total. The third kappa shape index (κ3) is 0.845. The first kappa shape index (κ1) is 7.09. The predicted molar refractivity (Wildman–Crippen MR) is 45.1 cm³/mol. The molecule has 0 unspecified atom stereocenters. The summed E-state index contributed by atoms with van der Waals surface area (Å²) in [5.41, 5.74) is 1.70. The number of rotatable bonds is 1. The van der Waals surface area contributed by atoms with Crippen LogP contribution in [0.25, 0.3) is 11.2 Å². The van der Waals surface area contributed by atoms with Crippen molar-refractivity contribution >= 4 is 11.2 Å². The van der Waals surface area contributed by atoms with Gasteiger partial charge in [0.05, 0.1) is 12.6 Å². The van der Waals surface area contributed by atoms with Crippen molar-refractivity contribution in [3.8, 4) is 6.01 Å². The summed E-state index contributed by atoms with van der Waals surface area (Å²) in [7, 11) is 3.50. The fraction of sp³-hybridized carbons (Fsp3) is 0.250. The van der Waals surface area contributed by atoms with Gasteiger partial charge >= 0.3 is 0 Å². The Hall–Kier alpha value is -1.58. The molecule has 0 aromatic carbocycles. The van der Waals surface area contributed by atoms with Crippen molar-refractivity contribution in [2.75, 3.05) is 7.11 Å². The molecule has 2 rings (SSSR count). The van der Waals surface area contributed by atoms with Crippen LogP contribution in [-0.4, -0.2) is 21.6 Å². The lowest BCUT2D eigenvalue weighted by Crippen LogP contribution is -1.93. The maximum absolute atomic E-state index is 5.04. The van der Waals surface area contributed by atoms with E-state index >= 15 is 0 Å². The van der Waals surface area contributed by atoms with Gasteiger partial charge in [0, 0.05) is 13.2 Å². The Morgan fingerprint density at radius 3 is 3.00 bits per heavy atom. The quantitative estimate of drug-likeness (QED) is 0.629. The minimum absolute atomic E-state index is 0.587. The number of fused-ring (bicyclic) bond motifs is 1. The summed E-state index contributed by atoms with van der Waals surface area (Å²) in [6, 6.07) is 4.42. The van der Waals surface area contributed by atoms with Crippen LogP contribution in [0.3, 0.4) is 0 Å². The number of aryl methyl sites for hydroxylation is 1. The van der Waals surface area contributed by atoms with Crippen LogP contribution in [0.2, 0.25) is 0 Å². The number of aromatic nitrogens is 3. The molecule has 0 aliphatic rings. The second-order valence-corrected chi connectivity index (χ2v) is 2.50. The molecule has 0 aliphatic heterocycles. The Kier molecular flexibility index (Phi) is 1.46. The average molecular weight is 163 g/mol. The number of nitrogens with zero attached hydrogens (tertiary/aromatic N) is 3. The smallest absolute Gasteiger partial charge is 0.298 e. The van der Waals surface area contributed by atoms with Crippen LogP contribution in [0, 0.1) is 0 Å². The van der Waals surface area contributed by atoms with Gasteiger partial charge in [0.25, 0.3) is 6.01 Å². The van der Waals surface area contributed by atoms with Crippen molar-refractivity contribution in [3.63, 3.8) is 0 Å². The molecule has 0 amide bonds. The molecule has 4 nitrogen and oxygen atoms in total. The summed E-state index contributed by atoms with van der Waals surface area (Å²) in [6.45, 7) is 0. The topological polar surface area (TPSA) is 39.9 Å². The second-order valence-electron chi connectivity index (χ2n) is 2.50. The van der Waals surface area contributed by atoms with Gasteiger partial charge in [0.15, 0.2) is 5.65 Å². The molecule has 0 spiro atoms. The molecule has 0 atom stereocenters. The minimum Gasteiger partial charge on any atom is -0.468 e. The maximum Gasteiger partial charge on any atom is 0.298 e. The molecule has 0 saturated carbocycles. The first-order valence-electron chi connectivity index (χ1n) is 3.64. The summed E-state index contributed by atoms with van der Waals surface area (Å²) in [5.74, 6) is 0. The highest BCUT2D eigenvalue weighted by Gasteiger charge is 2.06. The van der Waals surface area contributed by atoms with E-state index in [1.165, 1.54) is 0 Å². The van der Waals surface area contributed by atoms with Crippen molar-refractivity contribution < 1.29 is 4.74 Å². The van der Waals surface area contributed by atoms with Gasteiger partial charge in [-0.15, -0.1) is 0 Å². The zero-order valence-electron chi connectivity index (χ0n) is 6.98. The Labute approximate surface area is 69.8 Å². The summed E-state index contributed by atoms with van der Waals surface area (Å²) in [6.07, 6.45) is 1.72. The van der Waals surface area contributed by atoms with Crippen LogP contribution >= 0.6 is 0 Å². The molecular weight excluding hydrogens is 154 g/mol. The van der Waals surface area contributed by atoms with Crippen molar-refractivity contribution in [3.05, 3.63) is 18.3 Å². The van der Waals surface area contributed by atoms with Crippen LogP contribution in [0.5, 0.6) is 6.01 Å². The monoisotopic (exact) mass is 163 g/mol. The molecule has 2 aromatic heterocycles. The molecule has 0 saturated heterocycles. The van der Waals surface area contributed by atoms with E-state index in [1.54, 1.807) is 13.3 Å². The van der Waals surface area contributed by atoms with Gasteiger partial charge in [-0.3, -0.25) is 4.57 Å². The molecule has 2 aromatic rings. The van der Waals surface area contributed by atoms with E-state index in [0.29, 0.717) is 6.01 Å². The van der Waals surface area contributed by atoms with Gasteiger partial charge in [-0.1, -0.05) is 0 Å². The van der Waals surface area contributed by atoms with Gasteiger partial charge in [0.2, 0.25) is 0 Å². The van der Waals surface area contributed by atoms with E-state index < -0.39 is 0 Å². The fourth-order valence-electron chi connectivity index (χ4n) is 1.19. The van der Waals surface area contributed by atoms with E-state index in [0.717, 1.165) is 11.2 Å². The first-order valence-corrected chi connectivity index (χ1v) is 3.64. The van der Waals surface area contributed by atoms with E-state index in [2.05, 4.69) is 9.97 Å². The number of hydrogen-bond acceptors (Lipinski definition) is 3. The largest absolute Gasteiger partial charge is 0.468 e. The first-order chi connectivity index (χ1) is 5.83. The lowest BCUT2D eigenvalue weighted by Gasteiger charge is -1.97. The summed E-state index contributed by atoms with van der Waals surface area (Å²) in [5, 5.41) is 0. The second kappa shape index (κ2) is 2.48. The van der Waals surface area contributed by atoms with Gasteiger partial charge in [-0.2, -0.15) is 4.98 Å². The molecule has 0 bridgehead atoms. The van der Waals surface area contributed by atoms with Gasteiger partial charge in [-0.05, 0) is 12.1 Å². The van der Waals surface area contributed by atoms with E-state index in [1.807, 2.05) is 23.7 Å². The van der Waals surface area contributed by atoms with Crippen LogP contribution in [0.15, 0.2) is 18.3 Å². The van der Waals surface area contributed by atoms with Crippen molar-refractivity contribution in [2.24, 2.45) is 7.05 Å². The number of pyridine rings is 1. The maximum atomic E-state index is 5.04. The third-order valence-electron chi connectivity index (χ3n) is 1.80. The van der Waals surface area contributed by atoms with Crippen LogP contribution in [0.4, 0.5) is 0 Å². The van der Waals surface area contributed by atoms with E-state index in [-0.39, 0.29) is 0 Å². The van der Waals surface area contributed by atoms with Crippen LogP contribution < -0.4 is 4.74 Å². The van der Waals surface area contributed by atoms with Crippen molar-refractivity contribution in [2.45, 2.75) is 0 Å². The molecule has 0 radical (unpaired) electrons. The lowest BCUT2D eigenvalue weighted by atomic mass is 10.4. The van der Waals surface area contributed by atoms with Crippen molar-refractivity contribution in [1.82, 2.24) is 14.5 Å². The number of hydrogen-bond donors (Lipinski definition) is 0. The van der Waals surface area contributed by atoms with E-state index in [9.17, 15) is 0 Å². The molecular formula is C8H9N3O. The highest BCUT2D eigenvalue weighted by Crippen LogP contribution is 2.16.